The van der Waals surface area contributed by atoms with Crippen LogP contribution >= 0.6 is 23.2 Å². The number of nitrogens with one attached hydrogen (secondary N) is 1. The van der Waals surface area contributed by atoms with Crippen molar-refractivity contribution in [1.82, 2.24) is 20.3 Å². The molecule has 1 N–H and O–H groups in total. The van der Waals surface area contributed by atoms with E-state index in [9.17, 15) is 4.79 Å². The number of halogens is 2. The Morgan fingerprint density at radius 2 is 2.08 bits per heavy atom. The average molecular weight is 369 g/mol. The van der Waals surface area contributed by atoms with Crippen molar-refractivity contribution in [3.8, 4) is 5.69 Å². The summed E-state index contributed by atoms with van der Waals surface area (Å²) in [6, 6.07) is 5.09. The number of amides is 1. The van der Waals surface area contributed by atoms with E-state index >= 15 is 0 Å². The molecule has 0 bridgehead atoms. The van der Waals surface area contributed by atoms with Crippen molar-refractivity contribution >= 4 is 29.1 Å². The zero-order chi connectivity index (χ0) is 17.3. The molecule has 1 aromatic carbocycles. The maximum Gasteiger partial charge on any atom is 0.271 e. The number of hydrogen-bond acceptors (Lipinski definition) is 4. The van der Waals surface area contributed by atoms with Crippen molar-refractivity contribution in [3.63, 3.8) is 0 Å². The molecule has 1 aliphatic rings. The first-order valence-electron chi connectivity index (χ1n) is 7.64. The molecule has 1 amide bonds. The topological polar surface area (TPSA) is 69.0 Å². The van der Waals surface area contributed by atoms with Crippen LogP contribution in [-0.2, 0) is 4.74 Å². The third kappa shape index (κ3) is 3.27. The van der Waals surface area contributed by atoms with Crippen LogP contribution in [0.5, 0.6) is 0 Å². The molecule has 3 rings (SSSR count). The standard InChI is InChI=1S/C16H18Cl2N4O2/c1-16(24-2,10-6-7-10)9-19-15(23)13-8-20-21-22(13)14-11(17)4-3-5-12(14)18/h3-5,8,10H,6-7,9H2,1-2H3,(H,19,23). The molecule has 1 unspecified atom stereocenters. The van der Waals surface area contributed by atoms with E-state index in [0.29, 0.717) is 28.2 Å². The fourth-order valence-electron chi connectivity index (χ4n) is 2.67. The normalized spacial score (nSPS) is 16.7. The summed E-state index contributed by atoms with van der Waals surface area (Å²) in [5.74, 6) is 0.170. The molecule has 0 radical (unpaired) electrons. The van der Waals surface area contributed by atoms with E-state index in [4.69, 9.17) is 27.9 Å². The van der Waals surface area contributed by atoms with E-state index in [2.05, 4.69) is 15.6 Å². The lowest BCUT2D eigenvalue weighted by Crippen LogP contribution is -2.44. The minimum atomic E-state index is -0.365. The molecule has 0 spiro atoms. The molecule has 1 saturated carbocycles. The van der Waals surface area contributed by atoms with Crippen molar-refractivity contribution in [2.45, 2.75) is 25.4 Å². The maximum atomic E-state index is 12.6. The predicted molar refractivity (Wildman–Crippen MR) is 91.9 cm³/mol. The molecule has 0 saturated heterocycles. The Morgan fingerprint density at radius 1 is 1.42 bits per heavy atom. The van der Waals surface area contributed by atoms with Gasteiger partial charge in [0.25, 0.3) is 5.91 Å². The first-order valence-corrected chi connectivity index (χ1v) is 8.40. The fraction of sp³-hybridized carbons (Fsp3) is 0.438. The third-order valence-electron chi connectivity index (χ3n) is 4.44. The highest BCUT2D eigenvalue weighted by Gasteiger charge is 2.42. The number of ether oxygens (including phenoxy) is 1. The minimum Gasteiger partial charge on any atom is -0.376 e. The largest absolute Gasteiger partial charge is 0.376 e. The Labute approximate surface area is 150 Å². The first-order chi connectivity index (χ1) is 11.5. The highest BCUT2D eigenvalue weighted by molar-refractivity contribution is 6.37. The van der Waals surface area contributed by atoms with Crippen molar-refractivity contribution in [3.05, 3.63) is 40.1 Å². The highest BCUT2D eigenvalue weighted by Crippen LogP contribution is 2.41. The zero-order valence-corrected chi connectivity index (χ0v) is 14.9. The van der Waals surface area contributed by atoms with E-state index in [1.54, 1.807) is 25.3 Å². The molecule has 1 aromatic heterocycles. The van der Waals surface area contributed by atoms with Gasteiger partial charge in [0.2, 0.25) is 0 Å². The summed E-state index contributed by atoms with van der Waals surface area (Å²) >= 11 is 12.4. The summed E-state index contributed by atoms with van der Waals surface area (Å²) in [5, 5.41) is 11.4. The van der Waals surface area contributed by atoms with Gasteiger partial charge in [-0.1, -0.05) is 34.5 Å². The zero-order valence-electron chi connectivity index (χ0n) is 13.4. The van der Waals surface area contributed by atoms with Gasteiger partial charge < -0.3 is 10.1 Å². The van der Waals surface area contributed by atoms with Gasteiger partial charge in [0.15, 0.2) is 5.69 Å². The molecule has 128 valence electrons. The molecular weight excluding hydrogens is 351 g/mol. The van der Waals surface area contributed by atoms with Crippen LogP contribution in [0, 0.1) is 5.92 Å². The van der Waals surface area contributed by atoms with Crippen LogP contribution in [-0.4, -0.2) is 40.2 Å². The summed E-state index contributed by atoms with van der Waals surface area (Å²) in [5.41, 5.74) is 0.329. The van der Waals surface area contributed by atoms with Gasteiger partial charge in [-0.2, -0.15) is 0 Å². The van der Waals surface area contributed by atoms with Crippen molar-refractivity contribution in [1.29, 1.82) is 0 Å². The average Bonchev–Trinajstić information content (AvgIpc) is 3.32. The van der Waals surface area contributed by atoms with E-state index < -0.39 is 0 Å². The van der Waals surface area contributed by atoms with Gasteiger partial charge in [-0.3, -0.25) is 4.79 Å². The fourth-order valence-corrected chi connectivity index (χ4v) is 3.23. The molecule has 1 fully saturated rings. The quantitative estimate of drug-likeness (QED) is 0.850. The number of para-hydroxylation sites is 1. The monoisotopic (exact) mass is 368 g/mol. The van der Waals surface area contributed by atoms with Crippen molar-refractivity contribution < 1.29 is 9.53 Å². The van der Waals surface area contributed by atoms with Crippen LogP contribution < -0.4 is 5.32 Å². The number of carbonyl (C=O) groups is 1. The Bertz CT molecular complexity index is 740. The summed E-state index contributed by atoms with van der Waals surface area (Å²) < 4.78 is 6.94. The smallest absolute Gasteiger partial charge is 0.271 e. The van der Waals surface area contributed by atoms with Crippen LogP contribution in [0.3, 0.4) is 0 Å². The molecule has 2 aromatic rings. The molecule has 8 heteroatoms. The third-order valence-corrected chi connectivity index (χ3v) is 5.05. The highest BCUT2D eigenvalue weighted by atomic mass is 35.5. The molecule has 6 nitrogen and oxygen atoms in total. The molecular formula is C16H18Cl2N4O2. The van der Waals surface area contributed by atoms with E-state index in [0.717, 1.165) is 12.8 Å². The van der Waals surface area contributed by atoms with E-state index in [1.165, 1.54) is 10.9 Å². The lowest BCUT2D eigenvalue weighted by molar-refractivity contribution is -0.0113. The van der Waals surface area contributed by atoms with Crippen LogP contribution in [0.15, 0.2) is 24.4 Å². The van der Waals surface area contributed by atoms with Gasteiger partial charge in [-0.25, -0.2) is 4.68 Å². The van der Waals surface area contributed by atoms with Gasteiger partial charge in [-0.05, 0) is 37.8 Å². The Kier molecular flexibility index (Phi) is 4.80. The molecule has 0 aliphatic heterocycles. The number of carbonyl (C=O) groups excluding carboxylic acids is 1. The lowest BCUT2D eigenvalue weighted by Gasteiger charge is -2.28. The van der Waals surface area contributed by atoms with Gasteiger partial charge >= 0.3 is 0 Å². The first kappa shape index (κ1) is 17.2. The van der Waals surface area contributed by atoms with Gasteiger partial charge in [0, 0.05) is 13.7 Å². The molecule has 1 atom stereocenters. The SMILES string of the molecule is COC(C)(CNC(=O)c1cnnn1-c1c(Cl)cccc1Cl)C1CC1. The number of hydrogen-bond donors (Lipinski definition) is 1. The van der Waals surface area contributed by atoms with Crippen LogP contribution in [0.25, 0.3) is 5.69 Å². The molecule has 24 heavy (non-hydrogen) atoms. The predicted octanol–water partition coefficient (Wildman–Crippen LogP) is 3.12. The van der Waals surface area contributed by atoms with Gasteiger partial charge in [0.1, 0.15) is 5.69 Å². The number of benzene rings is 1. The second-order valence-electron chi connectivity index (χ2n) is 6.08. The van der Waals surface area contributed by atoms with E-state index in [-0.39, 0.29) is 17.2 Å². The number of rotatable bonds is 6. The van der Waals surface area contributed by atoms with Gasteiger partial charge in [0.05, 0.1) is 21.8 Å². The second kappa shape index (κ2) is 6.70. The lowest BCUT2D eigenvalue weighted by atomic mass is 10.0. The number of methoxy groups -OCH3 is 1. The van der Waals surface area contributed by atoms with Crippen LogP contribution in [0.1, 0.15) is 30.3 Å². The van der Waals surface area contributed by atoms with E-state index in [1.807, 2.05) is 6.92 Å². The van der Waals surface area contributed by atoms with Crippen LogP contribution in [0.2, 0.25) is 10.0 Å². The van der Waals surface area contributed by atoms with Crippen LogP contribution in [0.4, 0.5) is 0 Å². The number of aromatic nitrogens is 3. The van der Waals surface area contributed by atoms with Crippen molar-refractivity contribution in [2.24, 2.45) is 5.92 Å². The summed E-state index contributed by atoms with van der Waals surface area (Å²) in [6.07, 6.45) is 3.63. The Hall–Kier alpha value is -1.63. The second-order valence-corrected chi connectivity index (χ2v) is 6.89. The summed E-state index contributed by atoms with van der Waals surface area (Å²) in [4.78, 5) is 12.6. The molecule has 1 heterocycles. The summed E-state index contributed by atoms with van der Waals surface area (Å²) in [6.45, 7) is 2.42. The Morgan fingerprint density at radius 3 is 2.67 bits per heavy atom. The summed E-state index contributed by atoms with van der Waals surface area (Å²) in [7, 11) is 1.67. The molecule has 1 aliphatic carbocycles. The number of nitrogens with zero attached hydrogens (tertiary/aromatic N) is 3. The van der Waals surface area contributed by atoms with Gasteiger partial charge in [-0.15, -0.1) is 5.10 Å². The van der Waals surface area contributed by atoms with Crippen molar-refractivity contribution in [2.75, 3.05) is 13.7 Å². The maximum absolute atomic E-state index is 12.6. The minimum absolute atomic E-state index is 0.263. The Balaban J connectivity index is 1.81.